The summed E-state index contributed by atoms with van der Waals surface area (Å²) < 4.78 is 5.37. The monoisotopic (exact) mass is 196 g/mol. The minimum atomic E-state index is 0.565. The molecule has 1 aromatic rings. The van der Waals surface area contributed by atoms with E-state index < -0.39 is 0 Å². The second-order valence-corrected chi connectivity index (χ2v) is 3.82. The number of hydrogen-bond acceptors (Lipinski definition) is 1. The predicted octanol–water partition coefficient (Wildman–Crippen LogP) is 3.41. The van der Waals surface area contributed by atoms with Gasteiger partial charge in [-0.1, -0.05) is 19.1 Å². The summed E-state index contributed by atoms with van der Waals surface area (Å²) in [6.45, 7) is 4.92. The maximum Gasteiger partial charge on any atom is 0.119 e. The molecule has 2 atom stereocenters. The van der Waals surface area contributed by atoms with E-state index in [1.54, 1.807) is 0 Å². The highest BCUT2D eigenvalue weighted by molar-refractivity contribution is 7.17. The van der Waals surface area contributed by atoms with Crippen molar-refractivity contribution in [2.24, 2.45) is 0 Å². The Kier molecular flexibility index (Phi) is 4.24. The fraction of sp³-hybridized carbons (Fsp3) is 0.455. The van der Waals surface area contributed by atoms with Gasteiger partial charge < -0.3 is 4.74 Å². The highest BCUT2D eigenvalue weighted by Crippen LogP contribution is 2.27. The largest absolute Gasteiger partial charge is 0.494 e. The van der Waals surface area contributed by atoms with Crippen LogP contribution in [-0.4, -0.2) is 6.61 Å². The molecule has 0 aromatic heterocycles. The average Bonchev–Trinajstić information content (AvgIpc) is 2.18. The van der Waals surface area contributed by atoms with E-state index >= 15 is 0 Å². The molecule has 0 bridgehead atoms. The molecule has 0 N–H and O–H groups in total. The zero-order chi connectivity index (χ0) is 9.68. The molecule has 13 heavy (non-hydrogen) atoms. The summed E-state index contributed by atoms with van der Waals surface area (Å²) in [6.07, 6.45) is 1.15. The molecule has 0 fully saturated rings. The lowest BCUT2D eigenvalue weighted by molar-refractivity contribution is 0.340. The van der Waals surface area contributed by atoms with Crippen LogP contribution in [0.5, 0.6) is 5.75 Å². The molecule has 0 aliphatic rings. The third kappa shape index (κ3) is 3.00. The van der Waals surface area contributed by atoms with Gasteiger partial charge in [-0.15, -0.1) is 9.24 Å². The first-order chi connectivity index (χ1) is 6.27. The normalized spacial score (nSPS) is 12.5. The second-order valence-electron chi connectivity index (χ2n) is 3.02. The molecule has 72 valence electrons. The first kappa shape index (κ1) is 10.5. The summed E-state index contributed by atoms with van der Waals surface area (Å²) in [6, 6.07) is 8.33. The van der Waals surface area contributed by atoms with E-state index in [2.05, 4.69) is 28.3 Å². The Morgan fingerprint density at radius 2 is 1.85 bits per heavy atom. The molecule has 1 nitrogen and oxygen atoms in total. The molecule has 0 saturated heterocycles. The number of benzene rings is 1. The van der Waals surface area contributed by atoms with E-state index in [4.69, 9.17) is 4.74 Å². The highest BCUT2D eigenvalue weighted by atomic mass is 31.0. The average molecular weight is 196 g/mol. The van der Waals surface area contributed by atoms with Gasteiger partial charge >= 0.3 is 0 Å². The summed E-state index contributed by atoms with van der Waals surface area (Å²) >= 11 is 0. The first-order valence-corrected chi connectivity index (χ1v) is 5.43. The van der Waals surface area contributed by atoms with Gasteiger partial charge in [-0.3, -0.25) is 0 Å². The molecule has 0 amide bonds. The van der Waals surface area contributed by atoms with Gasteiger partial charge in [-0.25, -0.2) is 0 Å². The van der Waals surface area contributed by atoms with Gasteiger partial charge in [-0.05, 0) is 36.7 Å². The minimum absolute atomic E-state index is 0.565. The molecular formula is C11H17OP. The van der Waals surface area contributed by atoms with Crippen molar-refractivity contribution in [2.45, 2.75) is 25.9 Å². The van der Waals surface area contributed by atoms with Crippen molar-refractivity contribution in [1.82, 2.24) is 0 Å². The molecule has 2 heteroatoms. The van der Waals surface area contributed by atoms with E-state index in [0.717, 1.165) is 18.8 Å². The molecule has 0 aliphatic heterocycles. The molecule has 0 aliphatic carbocycles. The summed E-state index contributed by atoms with van der Waals surface area (Å²) in [7, 11) is 2.85. The number of hydrogen-bond donors (Lipinski definition) is 0. The Labute approximate surface area is 82.7 Å². The van der Waals surface area contributed by atoms with Crippen molar-refractivity contribution in [2.75, 3.05) is 6.61 Å². The van der Waals surface area contributed by atoms with Crippen LogP contribution in [0.2, 0.25) is 0 Å². The van der Waals surface area contributed by atoms with E-state index in [1.165, 1.54) is 5.56 Å². The zero-order valence-corrected chi connectivity index (χ0v) is 9.44. The van der Waals surface area contributed by atoms with Crippen LogP contribution >= 0.6 is 9.24 Å². The highest BCUT2D eigenvalue weighted by Gasteiger charge is 2.01. The Hall–Kier alpha value is -0.550. The predicted molar refractivity (Wildman–Crippen MR) is 60.4 cm³/mol. The molecular weight excluding hydrogens is 179 g/mol. The minimum Gasteiger partial charge on any atom is -0.494 e. The molecule has 0 radical (unpaired) electrons. The lowest BCUT2D eigenvalue weighted by Crippen LogP contribution is -1.92. The third-order valence-corrected chi connectivity index (χ3v) is 2.92. The van der Waals surface area contributed by atoms with Crippen LogP contribution in [0.15, 0.2) is 24.3 Å². The van der Waals surface area contributed by atoms with Crippen molar-refractivity contribution in [3.05, 3.63) is 29.8 Å². The molecule has 0 saturated carbocycles. The molecule has 0 spiro atoms. The Balaban J connectivity index is 2.69. The van der Waals surface area contributed by atoms with Gasteiger partial charge in [0.25, 0.3) is 0 Å². The summed E-state index contributed by atoms with van der Waals surface area (Å²) in [5.74, 6) is 0.958. The summed E-state index contributed by atoms with van der Waals surface area (Å²) in [4.78, 5) is 0. The van der Waals surface area contributed by atoms with Gasteiger partial charge in [0.15, 0.2) is 0 Å². The van der Waals surface area contributed by atoms with E-state index in [9.17, 15) is 0 Å². The lowest BCUT2D eigenvalue weighted by atomic mass is 10.1. The van der Waals surface area contributed by atoms with Crippen molar-refractivity contribution in [3.8, 4) is 5.75 Å². The standard InChI is InChI=1S/C11H17OP/c1-3-11(13)9-5-7-10(8-6-9)12-4-2/h5-8,11H,3-4,13H2,1-2H3. The van der Waals surface area contributed by atoms with Crippen LogP contribution < -0.4 is 4.74 Å². The summed E-state index contributed by atoms with van der Waals surface area (Å²) in [5.41, 5.74) is 1.92. The second kappa shape index (κ2) is 5.24. The van der Waals surface area contributed by atoms with Crippen LogP contribution in [0, 0.1) is 0 Å². The fourth-order valence-corrected chi connectivity index (χ4v) is 1.44. The molecule has 0 heterocycles. The topological polar surface area (TPSA) is 9.23 Å². The van der Waals surface area contributed by atoms with Gasteiger partial charge in [0.2, 0.25) is 0 Å². The number of ether oxygens (including phenoxy) is 1. The smallest absolute Gasteiger partial charge is 0.119 e. The van der Waals surface area contributed by atoms with Crippen molar-refractivity contribution < 1.29 is 4.74 Å². The maximum atomic E-state index is 5.37. The van der Waals surface area contributed by atoms with Crippen LogP contribution in [0.1, 0.15) is 31.5 Å². The van der Waals surface area contributed by atoms with Gasteiger partial charge in [0.05, 0.1) is 6.61 Å². The van der Waals surface area contributed by atoms with Crippen LogP contribution in [0.3, 0.4) is 0 Å². The fourth-order valence-electron chi connectivity index (χ4n) is 1.21. The van der Waals surface area contributed by atoms with E-state index in [1.807, 2.05) is 19.1 Å². The van der Waals surface area contributed by atoms with E-state index in [0.29, 0.717) is 5.66 Å². The van der Waals surface area contributed by atoms with E-state index in [-0.39, 0.29) is 0 Å². The lowest BCUT2D eigenvalue weighted by Gasteiger charge is -2.09. The quantitative estimate of drug-likeness (QED) is 0.670. The van der Waals surface area contributed by atoms with Crippen LogP contribution in [0.4, 0.5) is 0 Å². The first-order valence-electron chi connectivity index (χ1n) is 4.76. The molecule has 2 unspecified atom stereocenters. The zero-order valence-electron chi connectivity index (χ0n) is 8.29. The Morgan fingerprint density at radius 3 is 2.31 bits per heavy atom. The summed E-state index contributed by atoms with van der Waals surface area (Å²) in [5, 5.41) is 0. The number of rotatable bonds is 4. The Bertz CT molecular complexity index is 243. The van der Waals surface area contributed by atoms with Crippen molar-refractivity contribution >= 4 is 9.24 Å². The SMILES string of the molecule is CCOc1ccc(C(P)CC)cc1. The molecule has 1 rings (SSSR count). The Morgan fingerprint density at radius 1 is 1.23 bits per heavy atom. The van der Waals surface area contributed by atoms with Crippen molar-refractivity contribution in [1.29, 1.82) is 0 Å². The van der Waals surface area contributed by atoms with Gasteiger partial charge in [-0.2, -0.15) is 0 Å². The van der Waals surface area contributed by atoms with Gasteiger partial charge in [0, 0.05) is 0 Å². The molecule has 1 aromatic carbocycles. The van der Waals surface area contributed by atoms with Crippen LogP contribution in [0.25, 0.3) is 0 Å². The van der Waals surface area contributed by atoms with Crippen molar-refractivity contribution in [3.63, 3.8) is 0 Å². The van der Waals surface area contributed by atoms with Gasteiger partial charge in [0.1, 0.15) is 5.75 Å². The third-order valence-electron chi connectivity index (χ3n) is 2.06. The van der Waals surface area contributed by atoms with Crippen LogP contribution in [-0.2, 0) is 0 Å². The maximum absolute atomic E-state index is 5.37.